The minimum Gasteiger partial charge on any atom is -0.494 e. The number of hydrogen-bond acceptors (Lipinski definition) is 5. The monoisotopic (exact) mass is 556 g/mol. The molecule has 1 amide bonds. The molecule has 0 aromatic heterocycles. The fourth-order valence-corrected chi connectivity index (χ4v) is 4.85. The van der Waals surface area contributed by atoms with Gasteiger partial charge in [-0.3, -0.25) is 15.0 Å². The molecule has 37 heavy (non-hydrogen) atoms. The Morgan fingerprint density at radius 3 is 2.49 bits per heavy atom. The summed E-state index contributed by atoms with van der Waals surface area (Å²) in [4.78, 5) is 17.3. The Hall–Kier alpha value is -2.84. The van der Waals surface area contributed by atoms with Gasteiger partial charge in [0.2, 0.25) is 0 Å². The molecule has 1 saturated heterocycles. The Labute approximate surface area is 233 Å². The summed E-state index contributed by atoms with van der Waals surface area (Å²) in [5.41, 5.74) is 3.30. The summed E-state index contributed by atoms with van der Waals surface area (Å²) in [6.07, 6.45) is 0.894. The molecule has 9 heteroatoms. The summed E-state index contributed by atoms with van der Waals surface area (Å²) in [6.45, 7) is 7.04. The molecule has 1 aliphatic heterocycles. The predicted octanol–water partition coefficient (Wildman–Crippen LogP) is 6.23. The van der Waals surface area contributed by atoms with Gasteiger partial charge >= 0.3 is 0 Å². The highest BCUT2D eigenvalue weighted by Crippen LogP contribution is 2.30. The van der Waals surface area contributed by atoms with Gasteiger partial charge in [0.15, 0.2) is 5.11 Å². The number of amides is 1. The number of rotatable bonds is 8. The van der Waals surface area contributed by atoms with E-state index < -0.39 is 0 Å². The lowest BCUT2D eigenvalue weighted by Gasteiger charge is -2.36. The van der Waals surface area contributed by atoms with Gasteiger partial charge in [-0.15, -0.1) is 0 Å². The molecule has 4 rings (SSSR count). The third-order valence-corrected chi connectivity index (χ3v) is 6.94. The highest BCUT2D eigenvalue weighted by molar-refractivity contribution is 7.80. The minimum atomic E-state index is -0.308. The van der Waals surface area contributed by atoms with Crippen LogP contribution in [0, 0.1) is 0 Å². The summed E-state index contributed by atoms with van der Waals surface area (Å²) in [7, 11) is 0. The number of carbonyl (C=O) groups is 1. The van der Waals surface area contributed by atoms with Crippen LogP contribution in [0.2, 0.25) is 10.0 Å². The van der Waals surface area contributed by atoms with Crippen molar-refractivity contribution in [3.05, 3.63) is 87.9 Å². The number of piperazine rings is 1. The Balaban J connectivity index is 1.29. The maximum absolute atomic E-state index is 12.6. The van der Waals surface area contributed by atoms with E-state index in [2.05, 4.69) is 26.5 Å². The van der Waals surface area contributed by atoms with Gasteiger partial charge < -0.3 is 15.0 Å². The third-order valence-electron chi connectivity index (χ3n) is 6.07. The van der Waals surface area contributed by atoms with Crippen LogP contribution in [0.5, 0.6) is 5.75 Å². The first-order chi connectivity index (χ1) is 17.9. The molecule has 3 aromatic carbocycles. The van der Waals surface area contributed by atoms with Crippen molar-refractivity contribution >= 4 is 57.8 Å². The number of hydrogen-bond donors (Lipinski definition) is 2. The lowest BCUT2D eigenvalue weighted by atomic mass is 10.2. The fourth-order valence-electron chi connectivity index (χ4n) is 4.14. The first kappa shape index (κ1) is 27.2. The van der Waals surface area contributed by atoms with Gasteiger partial charge in [-0.1, -0.05) is 54.4 Å². The average Bonchev–Trinajstić information content (AvgIpc) is 2.89. The molecular formula is C28H30Cl2N4O2S. The second-order valence-corrected chi connectivity index (χ2v) is 10.0. The van der Waals surface area contributed by atoms with Gasteiger partial charge in [0.05, 0.1) is 17.3 Å². The molecule has 0 unspecified atom stereocenters. The van der Waals surface area contributed by atoms with Gasteiger partial charge in [0.25, 0.3) is 5.91 Å². The highest BCUT2D eigenvalue weighted by atomic mass is 35.5. The SMILES string of the molecule is CCCOc1cccc(C(=O)NC(=S)Nc2ccc(N3CCN(Cc4ccccc4Cl)CC3)c(Cl)c2)c1. The number of thiocarbonyl (C=S) groups is 1. The van der Waals surface area contributed by atoms with Crippen LogP contribution in [0.3, 0.4) is 0 Å². The van der Waals surface area contributed by atoms with Gasteiger partial charge in [-0.2, -0.15) is 0 Å². The van der Waals surface area contributed by atoms with E-state index in [0.717, 1.165) is 55.4 Å². The van der Waals surface area contributed by atoms with E-state index in [4.69, 9.17) is 40.2 Å². The topological polar surface area (TPSA) is 56.8 Å². The van der Waals surface area contributed by atoms with E-state index in [9.17, 15) is 4.79 Å². The number of carbonyl (C=O) groups excluding carboxylic acids is 1. The maximum Gasteiger partial charge on any atom is 0.257 e. The quantitative estimate of drug-likeness (QED) is 0.321. The van der Waals surface area contributed by atoms with Gasteiger partial charge in [0.1, 0.15) is 5.75 Å². The van der Waals surface area contributed by atoms with Crippen molar-refractivity contribution in [3.63, 3.8) is 0 Å². The molecule has 0 bridgehead atoms. The zero-order valence-corrected chi connectivity index (χ0v) is 23.0. The van der Waals surface area contributed by atoms with Gasteiger partial charge in [0, 0.05) is 49.0 Å². The van der Waals surface area contributed by atoms with Crippen molar-refractivity contribution in [2.45, 2.75) is 19.9 Å². The first-order valence-corrected chi connectivity index (χ1v) is 13.4. The Bertz CT molecular complexity index is 1250. The van der Waals surface area contributed by atoms with Crippen LogP contribution in [-0.2, 0) is 6.54 Å². The normalized spacial score (nSPS) is 13.8. The van der Waals surface area contributed by atoms with E-state index >= 15 is 0 Å². The molecule has 2 N–H and O–H groups in total. The summed E-state index contributed by atoms with van der Waals surface area (Å²) in [6, 6.07) is 20.7. The van der Waals surface area contributed by atoms with E-state index in [1.165, 1.54) is 0 Å². The van der Waals surface area contributed by atoms with Crippen LogP contribution in [-0.4, -0.2) is 48.7 Å². The zero-order chi connectivity index (χ0) is 26.2. The van der Waals surface area contributed by atoms with Crippen molar-refractivity contribution in [1.29, 1.82) is 0 Å². The molecule has 0 atom stereocenters. The number of anilines is 2. The summed E-state index contributed by atoms with van der Waals surface area (Å²) in [5.74, 6) is 0.345. The van der Waals surface area contributed by atoms with Crippen molar-refractivity contribution in [3.8, 4) is 5.75 Å². The Morgan fingerprint density at radius 1 is 0.973 bits per heavy atom. The molecule has 1 fully saturated rings. The Morgan fingerprint density at radius 2 is 1.76 bits per heavy atom. The van der Waals surface area contributed by atoms with Gasteiger partial charge in [-0.05, 0) is 66.7 Å². The zero-order valence-electron chi connectivity index (χ0n) is 20.7. The third kappa shape index (κ3) is 7.58. The van der Waals surface area contributed by atoms with Gasteiger partial charge in [-0.25, -0.2) is 0 Å². The van der Waals surface area contributed by atoms with E-state index in [0.29, 0.717) is 28.6 Å². The molecule has 3 aromatic rings. The second kappa shape index (κ2) is 13.1. The van der Waals surface area contributed by atoms with Crippen LogP contribution < -0.4 is 20.3 Å². The van der Waals surface area contributed by atoms with Crippen molar-refractivity contribution in [2.75, 3.05) is 43.0 Å². The van der Waals surface area contributed by atoms with E-state index in [1.54, 1.807) is 18.2 Å². The molecular weight excluding hydrogens is 527 g/mol. The number of benzene rings is 3. The molecule has 0 saturated carbocycles. The van der Waals surface area contributed by atoms with Crippen molar-refractivity contribution in [2.24, 2.45) is 0 Å². The van der Waals surface area contributed by atoms with Crippen LogP contribution >= 0.6 is 35.4 Å². The molecule has 0 radical (unpaired) electrons. The van der Waals surface area contributed by atoms with Crippen LogP contribution in [0.15, 0.2) is 66.7 Å². The lowest BCUT2D eigenvalue weighted by Crippen LogP contribution is -2.46. The summed E-state index contributed by atoms with van der Waals surface area (Å²) < 4.78 is 5.60. The van der Waals surface area contributed by atoms with E-state index in [-0.39, 0.29) is 11.0 Å². The number of ether oxygens (including phenoxy) is 1. The molecule has 194 valence electrons. The van der Waals surface area contributed by atoms with Crippen LogP contribution in [0.4, 0.5) is 11.4 Å². The van der Waals surface area contributed by atoms with Crippen molar-refractivity contribution < 1.29 is 9.53 Å². The smallest absolute Gasteiger partial charge is 0.257 e. The molecule has 1 aliphatic rings. The second-order valence-electron chi connectivity index (χ2n) is 8.81. The number of nitrogens with one attached hydrogen (secondary N) is 2. The highest BCUT2D eigenvalue weighted by Gasteiger charge is 2.20. The van der Waals surface area contributed by atoms with E-state index in [1.807, 2.05) is 49.4 Å². The average molecular weight is 558 g/mol. The summed E-state index contributed by atoms with van der Waals surface area (Å²) in [5, 5.41) is 7.38. The lowest BCUT2D eigenvalue weighted by molar-refractivity contribution is 0.0977. The molecule has 1 heterocycles. The standard InChI is InChI=1S/C28H30Cl2N4O2S/c1-2-16-36-23-8-5-7-20(17-23)27(35)32-28(37)31-22-10-11-26(25(30)18-22)34-14-12-33(13-15-34)19-21-6-3-4-9-24(21)29/h3-11,17-18H,2,12-16,19H2,1H3,(H2,31,32,35,37). The number of nitrogens with zero attached hydrogens (tertiary/aromatic N) is 2. The maximum atomic E-state index is 12.6. The predicted molar refractivity (Wildman–Crippen MR) is 156 cm³/mol. The Kier molecular flexibility index (Phi) is 9.63. The molecule has 6 nitrogen and oxygen atoms in total. The first-order valence-electron chi connectivity index (χ1n) is 12.3. The largest absolute Gasteiger partial charge is 0.494 e. The van der Waals surface area contributed by atoms with Crippen LogP contribution in [0.1, 0.15) is 29.3 Å². The van der Waals surface area contributed by atoms with Crippen molar-refractivity contribution in [1.82, 2.24) is 10.2 Å². The fraction of sp³-hybridized carbons (Fsp3) is 0.286. The number of halogens is 2. The summed E-state index contributed by atoms with van der Waals surface area (Å²) >= 11 is 18.3. The van der Waals surface area contributed by atoms with Crippen LogP contribution in [0.25, 0.3) is 0 Å². The minimum absolute atomic E-state index is 0.196. The molecule has 0 aliphatic carbocycles. The molecule has 0 spiro atoms.